The number of primary amides is 1. The molecule has 2 aromatic carbocycles. The zero-order valence-corrected chi connectivity index (χ0v) is 23.3. The summed E-state index contributed by atoms with van der Waals surface area (Å²) in [4.78, 5) is 11.4. The predicted octanol–water partition coefficient (Wildman–Crippen LogP) is 5.76. The molecule has 0 bridgehead atoms. The zero-order valence-electron chi connectivity index (χ0n) is 22.5. The van der Waals surface area contributed by atoms with Crippen molar-refractivity contribution in [2.75, 3.05) is 0 Å². The molecule has 0 unspecified atom stereocenters. The fraction of sp³-hybridized carbons (Fsp3) is 0.207. The van der Waals surface area contributed by atoms with Crippen LogP contribution in [0.1, 0.15) is 47.1 Å². The van der Waals surface area contributed by atoms with E-state index >= 15 is 4.39 Å². The van der Waals surface area contributed by atoms with Crippen LogP contribution in [0.2, 0.25) is 5.02 Å². The Morgan fingerprint density at radius 2 is 1.84 bits per heavy atom. The minimum atomic E-state index is -4.76. The van der Waals surface area contributed by atoms with Crippen molar-refractivity contribution >= 4 is 17.5 Å². The van der Waals surface area contributed by atoms with Crippen LogP contribution in [0.3, 0.4) is 0 Å². The van der Waals surface area contributed by atoms with Gasteiger partial charge in [0.25, 0.3) is 11.6 Å². The van der Waals surface area contributed by atoms with Gasteiger partial charge in [-0.1, -0.05) is 35.7 Å². The molecule has 1 atom stereocenters. The number of hydrogen-bond acceptors (Lipinski definition) is 5. The van der Waals surface area contributed by atoms with E-state index in [1.54, 1.807) is 23.0 Å². The van der Waals surface area contributed by atoms with Gasteiger partial charge in [-0.25, -0.2) is 13.5 Å². The molecule has 0 saturated heterocycles. The van der Waals surface area contributed by atoms with E-state index in [1.165, 1.54) is 42.7 Å². The molecule has 3 aromatic heterocycles. The molecule has 1 aliphatic carbocycles. The number of amides is 1. The number of hydrogen-bond donors (Lipinski definition) is 2. The second-order valence-electron chi connectivity index (χ2n) is 10.5. The van der Waals surface area contributed by atoms with Crippen LogP contribution in [0.4, 0.5) is 22.0 Å². The van der Waals surface area contributed by atoms with Crippen molar-refractivity contribution in [1.82, 2.24) is 24.8 Å². The van der Waals surface area contributed by atoms with E-state index in [0.29, 0.717) is 35.4 Å². The monoisotopic (exact) mass is 630 g/mol. The Kier molecular flexibility index (Phi) is 7.32. The summed E-state index contributed by atoms with van der Waals surface area (Å²) in [6.07, 6.45) is 2.87. The summed E-state index contributed by atoms with van der Waals surface area (Å²) < 4.78 is 72.5. The van der Waals surface area contributed by atoms with Crippen molar-refractivity contribution in [3.05, 3.63) is 101 Å². The molecule has 9 nitrogen and oxygen atoms in total. The van der Waals surface area contributed by atoms with Crippen LogP contribution in [-0.2, 0) is 6.18 Å². The van der Waals surface area contributed by atoms with Crippen LogP contribution in [0.5, 0.6) is 0 Å². The molecule has 0 radical (unpaired) electrons. The maximum Gasteiger partial charge on any atom is 0.436 e. The first-order valence-electron chi connectivity index (χ1n) is 13.3. The van der Waals surface area contributed by atoms with E-state index in [4.69, 9.17) is 17.3 Å². The molecule has 3 N–H and O–H groups in total. The van der Waals surface area contributed by atoms with Crippen LogP contribution in [0.15, 0.2) is 67.3 Å². The van der Waals surface area contributed by atoms with Crippen molar-refractivity contribution in [3.8, 4) is 27.9 Å². The highest BCUT2D eigenvalue weighted by molar-refractivity contribution is 6.31. The molecule has 0 aliphatic heterocycles. The highest BCUT2D eigenvalue weighted by Crippen LogP contribution is 2.40. The van der Waals surface area contributed by atoms with Gasteiger partial charge in [-0.05, 0) is 48.2 Å². The standard InChI is InChI=1S/C29H21ClF5N7O2/c30-20-6-8-23(41-14-25(38-39-41)29(33,34)35)26(27(20)32)17-4-7-22(42(44)13-17)24(9-15-1-2-15)40-12-18(11-37-40)16-3-5-19(28(36)43)21(31)10-16/h3-8,10-15,24H,1-2,9H2,(H2-,36,43,44)/p+1/t24-/m1/s1. The second kappa shape index (κ2) is 11.0. The highest BCUT2D eigenvalue weighted by Gasteiger charge is 2.36. The van der Waals surface area contributed by atoms with Crippen molar-refractivity contribution < 1.29 is 36.7 Å². The van der Waals surface area contributed by atoms with Gasteiger partial charge in [0, 0.05) is 22.6 Å². The van der Waals surface area contributed by atoms with Crippen molar-refractivity contribution in [2.45, 2.75) is 31.5 Å². The lowest BCUT2D eigenvalue weighted by Gasteiger charge is -2.15. The van der Waals surface area contributed by atoms with Crippen molar-refractivity contribution in [2.24, 2.45) is 11.7 Å². The number of alkyl halides is 3. The van der Waals surface area contributed by atoms with Gasteiger partial charge in [0.05, 0.1) is 39.8 Å². The summed E-state index contributed by atoms with van der Waals surface area (Å²) in [6.45, 7) is 0. The quantitative estimate of drug-likeness (QED) is 0.128. The first-order chi connectivity index (χ1) is 20.9. The number of nitrogens with two attached hydrogens (primary N) is 1. The average Bonchev–Trinajstić information content (AvgIpc) is 3.41. The predicted molar refractivity (Wildman–Crippen MR) is 146 cm³/mol. The highest BCUT2D eigenvalue weighted by atomic mass is 35.5. The fourth-order valence-corrected chi connectivity index (χ4v) is 5.17. The Balaban J connectivity index is 1.37. The van der Waals surface area contributed by atoms with Gasteiger partial charge >= 0.3 is 6.18 Å². The van der Waals surface area contributed by atoms with Crippen molar-refractivity contribution in [1.29, 1.82) is 0 Å². The normalized spacial score (nSPS) is 14.1. The average molecular weight is 631 g/mol. The molecule has 5 aromatic rings. The molecule has 1 fully saturated rings. The largest absolute Gasteiger partial charge is 0.436 e. The number of benzene rings is 2. The first kappa shape index (κ1) is 29.2. The minimum absolute atomic E-state index is 0.0801. The fourth-order valence-electron chi connectivity index (χ4n) is 5.02. The Labute approximate surface area is 250 Å². The third kappa shape index (κ3) is 5.60. The topological polar surface area (TPSA) is 116 Å². The lowest BCUT2D eigenvalue weighted by Crippen LogP contribution is -2.38. The molecule has 44 heavy (non-hydrogen) atoms. The van der Waals surface area contributed by atoms with Crippen LogP contribution >= 0.6 is 11.6 Å². The molecular formula is C29H22ClF5N7O2+. The van der Waals surface area contributed by atoms with Gasteiger partial charge in [-0.15, -0.1) is 5.10 Å². The van der Waals surface area contributed by atoms with E-state index in [1.807, 2.05) is 0 Å². The zero-order chi connectivity index (χ0) is 31.3. The van der Waals surface area contributed by atoms with E-state index in [-0.39, 0.29) is 27.4 Å². The van der Waals surface area contributed by atoms with Crippen LogP contribution < -0.4 is 10.5 Å². The number of halogens is 6. The summed E-state index contributed by atoms with van der Waals surface area (Å²) in [7, 11) is 0. The van der Waals surface area contributed by atoms with Crippen LogP contribution in [-0.4, -0.2) is 35.9 Å². The molecule has 0 spiro atoms. The van der Waals surface area contributed by atoms with Crippen LogP contribution in [0.25, 0.3) is 27.9 Å². The van der Waals surface area contributed by atoms with Gasteiger partial charge in [-0.3, -0.25) is 14.7 Å². The molecule has 3 heterocycles. The number of rotatable bonds is 8. The SMILES string of the molecule is NC(=O)c1ccc(-c2cnn([C@H](CC3CC3)c3ccc(-c4c(-n5cc(C(F)(F)F)nn5)ccc(Cl)c4F)c[n+]3O)c2)cc1F. The maximum absolute atomic E-state index is 15.4. The number of nitrogens with zero attached hydrogens (tertiary/aromatic N) is 6. The third-order valence-corrected chi connectivity index (χ3v) is 7.73. The lowest BCUT2D eigenvalue weighted by atomic mass is 10.0. The Bertz CT molecular complexity index is 1900. The summed E-state index contributed by atoms with van der Waals surface area (Å²) in [5.74, 6) is -2.22. The number of carbonyl (C=O) groups excluding carboxylic acids is 1. The Morgan fingerprint density at radius 1 is 1.09 bits per heavy atom. The van der Waals surface area contributed by atoms with Gasteiger partial charge < -0.3 is 5.73 Å². The van der Waals surface area contributed by atoms with E-state index in [0.717, 1.165) is 22.3 Å². The lowest BCUT2D eigenvalue weighted by molar-refractivity contribution is -0.910. The molecule has 226 valence electrons. The van der Waals surface area contributed by atoms with Gasteiger partial charge in [0.1, 0.15) is 11.9 Å². The Hall–Kier alpha value is -4.85. The molecule has 1 saturated carbocycles. The molecular weight excluding hydrogens is 609 g/mol. The van der Waals surface area contributed by atoms with E-state index in [2.05, 4.69) is 15.4 Å². The van der Waals surface area contributed by atoms with E-state index in [9.17, 15) is 27.6 Å². The van der Waals surface area contributed by atoms with Gasteiger partial charge in [0.2, 0.25) is 6.20 Å². The molecule has 1 aliphatic rings. The summed E-state index contributed by atoms with van der Waals surface area (Å²) in [5.41, 5.74) is 4.92. The smallest absolute Gasteiger partial charge is 0.366 e. The summed E-state index contributed by atoms with van der Waals surface area (Å²) in [6, 6.07) is 9.07. The first-order valence-corrected chi connectivity index (χ1v) is 13.7. The number of pyridine rings is 1. The second-order valence-corrected chi connectivity index (χ2v) is 10.9. The number of aromatic nitrogens is 6. The third-order valence-electron chi connectivity index (χ3n) is 7.44. The van der Waals surface area contributed by atoms with Gasteiger partial charge in [0.15, 0.2) is 11.5 Å². The van der Waals surface area contributed by atoms with Crippen molar-refractivity contribution in [3.63, 3.8) is 0 Å². The molecule has 6 rings (SSSR count). The maximum atomic E-state index is 15.4. The summed E-state index contributed by atoms with van der Waals surface area (Å²) >= 11 is 6.03. The van der Waals surface area contributed by atoms with Crippen LogP contribution in [0, 0.1) is 17.6 Å². The molecule has 1 amide bonds. The van der Waals surface area contributed by atoms with Gasteiger partial charge in [-0.2, -0.15) is 18.3 Å². The Morgan fingerprint density at radius 3 is 2.48 bits per heavy atom. The minimum Gasteiger partial charge on any atom is -0.366 e. The summed E-state index contributed by atoms with van der Waals surface area (Å²) in [5, 5.41) is 22.0. The molecule has 15 heteroatoms. The van der Waals surface area contributed by atoms with E-state index < -0.39 is 35.5 Å². The number of carbonyl (C=O) groups is 1.